The van der Waals surface area contributed by atoms with E-state index in [0.717, 1.165) is 29.2 Å². The molecule has 0 radical (unpaired) electrons. The molecule has 3 aromatic carbocycles. The second-order valence-corrected chi connectivity index (χ2v) is 10.2. The summed E-state index contributed by atoms with van der Waals surface area (Å²) in [5.41, 5.74) is 1.72. The average Bonchev–Trinajstić information content (AvgIpc) is 2.88. The van der Waals surface area contributed by atoms with Gasteiger partial charge in [-0.1, -0.05) is 78.9 Å². The Kier molecular flexibility index (Phi) is 6.93. The van der Waals surface area contributed by atoms with E-state index >= 15 is 4.39 Å². The highest BCUT2D eigenvalue weighted by molar-refractivity contribution is 8.14. The van der Waals surface area contributed by atoms with Crippen LogP contribution in [0.1, 0.15) is 47.2 Å². The lowest BCUT2D eigenvalue weighted by Gasteiger charge is -2.47. The summed E-state index contributed by atoms with van der Waals surface area (Å²) in [5, 5.41) is 0.789. The van der Waals surface area contributed by atoms with Crippen molar-refractivity contribution in [3.63, 3.8) is 0 Å². The summed E-state index contributed by atoms with van der Waals surface area (Å²) in [6, 6.07) is 26.4. The summed E-state index contributed by atoms with van der Waals surface area (Å²) < 4.78 is 21.5. The number of halogens is 1. The van der Waals surface area contributed by atoms with Gasteiger partial charge in [-0.25, -0.2) is 4.39 Å². The second kappa shape index (κ2) is 10.2. The molecule has 3 atom stereocenters. The average molecular weight is 474 g/mol. The molecule has 1 aliphatic heterocycles. The van der Waals surface area contributed by atoms with Gasteiger partial charge in [-0.15, -0.1) is 11.8 Å². The summed E-state index contributed by atoms with van der Waals surface area (Å²) in [6.45, 7) is 0.529. The lowest BCUT2D eigenvalue weighted by Crippen LogP contribution is -2.46. The normalized spacial score (nSPS) is 24.2. The number of hydrogen-bond donors (Lipinski definition) is 0. The van der Waals surface area contributed by atoms with Gasteiger partial charge in [0.2, 0.25) is 0 Å². The molecule has 5 rings (SSSR count). The number of rotatable bonds is 7. The van der Waals surface area contributed by atoms with E-state index in [1.54, 1.807) is 17.8 Å². The van der Waals surface area contributed by atoms with E-state index in [9.17, 15) is 4.79 Å². The topological polar surface area (TPSA) is 38.7 Å². The molecule has 1 heterocycles. The lowest BCUT2D eigenvalue weighted by atomic mass is 9.68. The number of benzene rings is 3. The number of thioether (sulfide) groups is 1. The molecule has 1 fully saturated rings. The van der Waals surface area contributed by atoms with Crippen molar-refractivity contribution in [3.8, 4) is 0 Å². The molecule has 0 N–H and O–H groups in total. The first-order chi connectivity index (χ1) is 16.6. The molecule has 174 valence electrons. The predicted molar refractivity (Wildman–Crippen MR) is 136 cm³/mol. The summed E-state index contributed by atoms with van der Waals surface area (Å²) in [7, 11) is 0. The number of nitrogens with zero attached hydrogens (tertiary/aromatic N) is 1. The third kappa shape index (κ3) is 4.86. The fourth-order valence-corrected chi connectivity index (χ4v) is 6.43. The molecule has 0 amide bonds. The lowest BCUT2D eigenvalue weighted by molar-refractivity contribution is -0.0199. The van der Waals surface area contributed by atoms with Gasteiger partial charge in [-0.05, 0) is 30.4 Å². The van der Waals surface area contributed by atoms with Gasteiger partial charge in [0.15, 0.2) is 5.78 Å². The van der Waals surface area contributed by atoms with E-state index in [0.29, 0.717) is 24.2 Å². The van der Waals surface area contributed by atoms with Crippen LogP contribution in [0.5, 0.6) is 0 Å². The Hall–Kier alpha value is -2.76. The standard InChI is InChI=1S/C29H28FNO2S/c30-26-14-8-7-13-25(26)29-18-24(33-19-21-9-3-1-4-10-21)16-15-23(29)20-34-28(31-29)17-27(32)22-11-5-2-6-12-22/h1-14,23-24H,15-20H2/t23-,24+,29-/m0/s1. The fraction of sp³-hybridized carbons (Fsp3) is 0.310. The first-order valence-corrected chi connectivity index (χ1v) is 12.8. The van der Waals surface area contributed by atoms with Gasteiger partial charge in [-0.3, -0.25) is 9.79 Å². The third-order valence-corrected chi connectivity index (χ3v) is 8.04. The zero-order valence-corrected chi connectivity index (χ0v) is 19.8. The Labute approximate surface area is 204 Å². The molecule has 5 heteroatoms. The minimum Gasteiger partial charge on any atom is -0.373 e. The molecule has 1 saturated carbocycles. The number of carbonyl (C=O) groups excluding carboxylic acids is 1. The molecule has 0 bridgehead atoms. The predicted octanol–water partition coefficient (Wildman–Crippen LogP) is 6.82. The van der Waals surface area contributed by atoms with Crippen molar-refractivity contribution in [2.75, 3.05) is 5.75 Å². The van der Waals surface area contributed by atoms with Crippen molar-refractivity contribution in [1.29, 1.82) is 0 Å². The summed E-state index contributed by atoms with van der Waals surface area (Å²) in [4.78, 5) is 18.1. The molecular formula is C29H28FNO2S. The summed E-state index contributed by atoms with van der Waals surface area (Å²) >= 11 is 1.65. The summed E-state index contributed by atoms with van der Waals surface area (Å²) in [5.74, 6) is 0.851. The molecule has 3 aromatic rings. The number of ether oxygens (including phenoxy) is 1. The Morgan fingerprint density at radius 1 is 0.971 bits per heavy atom. The van der Waals surface area contributed by atoms with Crippen molar-refractivity contribution in [2.45, 2.75) is 43.9 Å². The first kappa shape index (κ1) is 23.0. The Morgan fingerprint density at radius 2 is 1.68 bits per heavy atom. The van der Waals surface area contributed by atoms with Crippen molar-refractivity contribution in [2.24, 2.45) is 10.9 Å². The zero-order valence-electron chi connectivity index (χ0n) is 19.0. The quantitative estimate of drug-likeness (QED) is 0.353. The number of hydrogen-bond acceptors (Lipinski definition) is 4. The van der Waals surface area contributed by atoms with Crippen LogP contribution in [0.25, 0.3) is 0 Å². The number of ketones is 1. The van der Waals surface area contributed by atoms with Crippen molar-refractivity contribution < 1.29 is 13.9 Å². The Bertz CT molecular complexity index is 1170. The first-order valence-electron chi connectivity index (χ1n) is 11.8. The van der Waals surface area contributed by atoms with Crippen molar-refractivity contribution in [1.82, 2.24) is 0 Å². The van der Waals surface area contributed by atoms with Crippen molar-refractivity contribution >= 4 is 22.6 Å². The van der Waals surface area contributed by atoms with E-state index in [2.05, 4.69) is 12.1 Å². The van der Waals surface area contributed by atoms with Crippen LogP contribution in [0, 0.1) is 11.7 Å². The Balaban J connectivity index is 1.44. The van der Waals surface area contributed by atoms with Crippen LogP contribution in [0.15, 0.2) is 89.9 Å². The number of fused-ring (bicyclic) bond motifs is 1. The molecule has 2 aliphatic rings. The molecule has 3 nitrogen and oxygen atoms in total. The van der Waals surface area contributed by atoms with Gasteiger partial charge in [0.1, 0.15) is 5.82 Å². The van der Waals surface area contributed by atoms with Crippen molar-refractivity contribution in [3.05, 3.63) is 107 Å². The maximum atomic E-state index is 15.2. The highest BCUT2D eigenvalue weighted by Gasteiger charge is 2.49. The van der Waals surface area contributed by atoms with Crippen LogP contribution in [0.2, 0.25) is 0 Å². The monoisotopic (exact) mass is 473 g/mol. The largest absolute Gasteiger partial charge is 0.373 e. The molecule has 1 aliphatic carbocycles. The second-order valence-electron chi connectivity index (χ2n) is 9.08. The van der Waals surface area contributed by atoms with Gasteiger partial charge in [0, 0.05) is 23.3 Å². The molecule has 0 spiro atoms. The SMILES string of the molecule is O=C(CC1=N[C@@]2(c3ccccc3F)C[C@H](OCc3ccccc3)CC[C@H]2CS1)c1ccccc1. The highest BCUT2D eigenvalue weighted by atomic mass is 32.2. The number of Topliss-reactive ketones (excluding diaryl/α,β-unsaturated/α-hetero) is 1. The van der Waals surface area contributed by atoms with Crippen LogP contribution in [0.3, 0.4) is 0 Å². The number of carbonyl (C=O) groups is 1. The van der Waals surface area contributed by atoms with Crippen LogP contribution in [-0.4, -0.2) is 22.7 Å². The van der Waals surface area contributed by atoms with E-state index in [4.69, 9.17) is 9.73 Å². The molecule has 34 heavy (non-hydrogen) atoms. The number of aliphatic imine (C=N–C) groups is 1. The van der Waals surface area contributed by atoms with Crippen LogP contribution in [0.4, 0.5) is 4.39 Å². The van der Waals surface area contributed by atoms with E-state index < -0.39 is 5.54 Å². The zero-order chi connectivity index (χ0) is 23.4. The smallest absolute Gasteiger partial charge is 0.169 e. The van der Waals surface area contributed by atoms with E-state index in [1.807, 2.05) is 60.7 Å². The third-order valence-electron chi connectivity index (χ3n) is 6.90. The maximum Gasteiger partial charge on any atom is 0.169 e. The molecular weight excluding hydrogens is 445 g/mol. The van der Waals surface area contributed by atoms with Gasteiger partial charge in [0.25, 0.3) is 0 Å². The van der Waals surface area contributed by atoms with Gasteiger partial charge in [-0.2, -0.15) is 0 Å². The minimum absolute atomic E-state index is 0.0195. The maximum absolute atomic E-state index is 15.2. The minimum atomic E-state index is -0.706. The Morgan fingerprint density at radius 3 is 2.44 bits per heavy atom. The molecule has 0 aromatic heterocycles. The summed E-state index contributed by atoms with van der Waals surface area (Å²) in [6.07, 6.45) is 2.70. The van der Waals surface area contributed by atoms with Crippen LogP contribution >= 0.6 is 11.8 Å². The van der Waals surface area contributed by atoms with Gasteiger partial charge < -0.3 is 4.74 Å². The fourth-order valence-electron chi connectivity index (χ4n) is 5.14. The van der Waals surface area contributed by atoms with Gasteiger partial charge in [0.05, 0.1) is 29.7 Å². The van der Waals surface area contributed by atoms with E-state index in [-0.39, 0.29) is 30.0 Å². The van der Waals surface area contributed by atoms with E-state index in [1.165, 1.54) is 6.07 Å². The molecule has 0 unspecified atom stereocenters. The van der Waals surface area contributed by atoms with Crippen LogP contribution in [-0.2, 0) is 16.9 Å². The highest BCUT2D eigenvalue weighted by Crippen LogP contribution is 2.51. The van der Waals surface area contributed by atoms with Crippen LogP contribution < -0.4 is 0 Å². The molecule has 0 saturated heterocycles. The van der Waals surface area contributed by atoms with Gasteiger partial charge >= 0.3 is 0 Å².